The predicted molar refractivity (Wildman–Crippen MR) is 98.4 cm³/mol. The third-order valence-electron chi connectivity index (χ3n) is 3.83. The molecule has 0 saturated heterocycles. The lowest BCUT2D eigenvalue weighted by Crippen LogP contribution is -2.32. The van der Waals surface area contributed by atoms with E-state index in [1.165, 1.54) is 37.7 Å². The van der Waals surface area contributed by atoms with Crippen molar-refractivity contribution in [2.45, 2.75) is 78.4 Å². The summed E-state index contributed by atoms with van der Waals surface area (Å²) in [5, 5.41) is 0. The zero-order valence-corrected chi connectivity index (χ0v) is 15.8. The van der Waals surface area contributed by atoms with Crippen LogP contribution < -0.4 is 4.74 Å². The Hall–Kier alpha value is -0.590. The number of rotatable bonds is 6. The van der Waals surface area contributed by atoms with Crippen LogP contribution in [-0.2, 0) is 10.9 Å². The summed E-state index contributed by atoms with van der Waals surface area (Å²) < 4.78 is 12.2. The van der Waals surface area contributed by atoms with E-state index in [-0.39, 0.29) is 6.29 Å². The lowest BCUT2D eigenvalue weighted by Gasteiger charge is -2.30. The molecular formula is C19H33O2P. The first-order valence-corrected chi connectivity index (χ1v) is 9.62. The molecule has 2 atom stereocenters. The molecule has 0 amide bonds. The van der Waals surface area contributed by atoms with Gasteiger partial charge in [-0.05, 0) is 36.7 Å². The minimum absolute atomic E-state index is 0.139. The van der Waals surface area contributed by atoms with Crippen LogP contribution in [0.25, 0.3) is 0 Å². The van der Waals surface area contributed by atoms with Crippen LogP contribution in [0.4, 0.5) is 0 Å². The van der Waals surface area contributed by atoms with Gasteiger partial charge in [0, 0.05) is 5.92 Å². The van der Waals surface area contributed by atoms with E-state index in [1.54, 1.807) is 0 Å². The molecule has 22 heavy (non-hydrogen) atoms. The largest absolute Gasteiger partial charge is 0.465 e. The summed E-state index contributed by atoms with van der Waals surface area (Å²) in [6.45, 7) is 8.31. The number of hydrogen-bond donors (Lipinski definition) is 0. The smallest absolute Gasteiger partial charge is 0.202 e. The quantitative estimate of drug-likeness (QED) is 0.486. The first-order chi connectivity index (χ1) is 10.7. The first kappa shape index (κ1) is 19.5. The Bertz CT molecular complexity index is 383. The maximum atomic E-state index is 6.19. The van der Waals surface area contributed by atoms with E-state index >= 15 is 0 Å². The highest BCUT2D eigenvalue weighted by Gasteiger charge is 2.22. The van der Waals surface area contributed by atoms with E-state index in [1.807, 2.05) is 26.0 Å². The first-order valence-electron chi connectivity index (χ1n) is 8.80. The third-order valence-corrected chi connectivity index (χ3v) is 4.31. The number of ether oxygens (including phenoxy) is 2. The van der Waals surface area contributed by atoms with Crippen molar-refractivity contribution in [3.05, 3.63) is 29.8 Å². The highest BCUT2D eigenvalue weighted by molar-refractivity contribution is 7.15. The Labute approximate surface area is 139 Å². The van der Waals surface area contributed by atoms with Gasteiger partial charge in [-0.25, -0.2) is 0 Å². The minimum Gasteiger partial charge on any atom is -0.465 e. The van der Waals surface area contributed by atoms with Gasteiger partial charge in [0.2, 0.25) is 6.29 Å². The van der Waals surface area contributed by atoms with E-state index < -0.39 is 0 Å². The van der Waals surface area contributed by atoms with Crippen LogP contribution in [-0.4, -0.2) is 12.4 Å². The lowest BCUT2D eigenvalue weighted by atomic mass is 9.97. The number of hydrogen-bond acceptors (Lipinski definition) is 2. The maximum absolute atomic E-state index is 6.19. The molecule has 0 N–H and O–H groups in total. The summed E-state index contributed by atoms with van der Waals surface area (Å²) in [4.78, 5) is 0. The van der Waals surface area contributed by atoms with Gasteiger partial charge < -0.3 is 9.47 Å². The average Bonchev–Trinajstić information content (AvgIpc) is 2.57. The Morgan fingerprint density at radius 1 is 1.05 bits per heavy atom. The zero-order valence-electron chi connectivity index (χ0n) is 14.7. The van der Waals surface area contributed by atoms with Gasteiger partial charge in [-0.3, -0.25) is 0 Å². The fourth-order valence-corrected chi connectivity index (χ4v) is 2.82. The van der Waals surface area contributed by atoms with Gasteiger partial charge in [-0.15, -0.1) is 9.24 Å². The Morgan fingerprint density at radius 3 is 2.14 bits per heavy atom. The minimum atomic E-state index is -0.139. The van der Waals surface area contributed by atoms with Crippen molar-refractivity contribution in [1.82, 2.24) is 0 Å². The van der Waals surface area contributed by atoms with E-state index in [9.17, 15) is 0 Å². The fraction of sp³-hybridized carbons (Fsp3) is 0.684. The summed E-state index contributed by atoms with van der Waals surface area (Å²) >= 11 is 0. The van der Waals surface area contributed by atoms with Crippen LogP contribution in [0.2, 0.25) is 0 Å². The molecule has 0 aromatic heterocycles. The third kappa shape index (κ3) is 6.67. The monoisotopic (exact) mass is 324 g/mol. The molecule has 1 fully saturated rings. The van der Waals surface area contributed by atoms with Crippen molar-refractivity contribution in [3.8, 4) is 5.75 Å². The van der Waals surface area contributed by atoms with Crippen molar-refractivity contribution in [1.29, 1.82) is 0 Å². The van der Waals surface area contributed by atoms with Crippen LogP contribution in [0.5, 0.6) is 5.75 Å². The Kier molecular flexibility index (Phi) is 9.75. The topological polar surface area (TPSA) is 18.5 Å². The van der Waals surface area contributed by atoms with Crippen molar-refractivity contribution < 1.29 is 9.47 Å². The van der Waals surface area contributed by atoms with Crippen LogP contribution in [0, 0.1) is 5.92 Å². The van der Waals surface area contributed by atoms with E-state index in [0.717, 1.165) is 11.9 Å². The molecule has 0 heterocycles. The summed E-state index contributed by atoms with van der Waals surface area (Å²) in [6, 6.07) is 8.30. The molecule has 1 saturated carbocycles. The molecule has 1 aliphatic rings. The molecule has 1 aromatic rings. The zero-order chi connectivity index (χ0) is 16.4. The van der Waals surface area contributed by atoms with Gasteiger partial charge in [0.1, 0.15) is 5.75 Å². The van der Waals surface area contributed by atoms with Gasteiger partial charge in [0.25, 0.3) is 0 Å². The molecule has 126 valence electrons. The molecule has 0 spiro atoms. The molecule has 2 nitrogen and oxygen atoms in total. The second-order valence-electron chi connectivity index (χ2n) is 5.97. The average molecular weight is 324 g/mol. The summed E-state index contributed by atoms with van der Waals surface area (Å²) in [6.07, 6.45) is 7.51. The molecular weight excluding hydrogens is 291 g/mol. The van der Waals surface area contributed by atoms with Crippen molar-refractivity contribution in [3.63, 3.8) is 0 Å². The standard InChI is InChI=1S/C17H27O2P.C2H6/c1-13(2)17(18-15-6-4-3-5-7-15)19-16-10-8-14(12-20)9-11-16;1-2/h8-11,13,15,17H,3-7,12,20H2,1-2H3;1-2H3. The van der Waals surface area contributed by atoms with Gasteiger partial charge >= 0.3 is 0 Å². The molecule has 1 aliphatic carbocycles. The normalized spacial score (nSPS) is 16.8. The predicted octanol–water partition coefficient (Wildman–Crippen LogP) is 5.80. The molecule has 0 bridgehead atoms. The fourth-order valence-electron chi connectivity index (χ4n) is 2.55. The SMILES string of the molecule is CC.CC(C)C(Oc1ccc(CP)cc1)OC1CCCCC1. The van der Waals surface area contributed by atoms with Gasteiger partial charge in [0.05, 0.1) is 6.10 Å². The van der Waals surface area contributed by atoms with Gasteiger partial charge in [0.15, 0.2) is 0 Å². The molecule has 0 radical (unpaired) electrons. The van der Waals surface area contributed by atoms with E-state index in [0.29, 0.717) is 12.0 Å². The van der Waals surface area contributed by atoms with Crippen LogP contribution in [0.1, 0.15) is 65.4 Å². The number of benzene rings is 1. The maximum Gasteiger partial charge on any atom is 0.202 e. The van der Waals surface area contributed by atoms with E-state index in [4.69, 9.17) is 9.47 Å². The second-order valence-corrected chi connectivity index (χ2v) is 6.38. The second kappa shape index (κ2) is 11.0. The molecule has 1 aromatic carbocycles. The highest BCUT2D eigenvalue weighted by atomic mass is 31.0. The Balaban J connectivity index is 0.00000116. The molecule has 3 heteroatoms. The van der Waals surface area contributed by atoms with Crippen LogP contribution >= 0.6 is 9.24 Å². The molecule has 0 aliphatic heterocycles. The molecule has 2 rings (SSSR count). The molecule has 2 unspecified atom stereocenters. The lowest BCUT2D eigenvalue weighted by molar-refractivity contribution is -0.150. The summed E-state index contributed by atoms with van der Waals surface area (Å²) in [5.74, 6) is 1.26. The van der Waals surface area contributed by atoms with Crippen molar-refractivity contribution in [2.75, 3.05) is 0 Å². The summed E-state index contributed by atoms with van der Waals surface area (Å²) in [7, 11) is 2.74. The van der Waals surface area contributed by atoms with Crippen molar-refractivity contribution in [2.24, 2.45) is 5.92 Å². The Morgan fingerprint density at radius 2 is 1.64 bits per heavy atom. The van der Waals surface area contributed by atoms with Gasteiger partial charge in [-0.2, -0.15) is 0 Å². The van der Waals surface area contributed by atoms with E-state index in [2.05, 4.69) is 35.2 Å². The van der Waals surface area contributed by atoms with Crippen LogP contribution in [0.15, 0.2) is 24.3 Å². The highest BCUT2D eigenvalue weighted by Crippen LogP contribution is 2.25. The van der Waals surface area contributed by atoms with Crippen molar-refractivity contribution >= 4 is 9.24 Å². The van der Waals surface area contributed by atoms with Gasteiger partial charge in [-0.1, -0.05) is 59.1 Å². The van der Waals surface area contributed by atoms with Crippen LogP contribution in [0.3, 0.4) is 0 Å². The summed E-state index contributed by atoms with van der Waals surface area (Å²) in [5.41, 5.74) is 1.30.